The number of carbonyl (C=O) groups excluding carboxylic acids is 2. The van der Waals surface area contributed by atoms with Crippen LogP contribution in [0.2, 0.25) is 5.02 Å². The van der Waals surface area contributed by atoms with Crippen molar-refractivity contribution in [3.63, 3.8) is 0 Å². The lowest BCUT2D eigenvalue weighted by molar-refractivity contribution is -0.121. The predicted octanol–water partition coefficient (Wildman–Crippen LogP) is 2.84. The van der Waals surface area contributed by atoms with E-state index in [-0.39, 0.29) is 11.8 Å². The van der Waals surface area contributed by atoms with Crippen LogP contribution in [0, 0.1) is 0 Å². The van der Waals surface area contributed by atoms with Gasteiger partial charge in [-0.15, -0.1) is 0 Å². The smallest absolute Gasteiger partial charge is 0.263 e. The summed E-state index contributed by atoms with van der Waals surface area (Å²) in [6.45, 7) is 0. The molecule has 2 amide bonds. The minimum atomic E-state index is -0.807. The van der Waals surface area contributed by atoms with Gasteiger partial charge in [-0.05, 0) is 36.4 Å². The minimum Gasteiger partial charge on any atom is -0.271 e. The first kappa shape index (κ1) is 13.9. The van der Waals surface area contributed by atoms with Crippen molar-refractivity contribution in [2.75, 3.05) is 9.91 Å². The van der Waals surface area contributed by atoms with E-state index >= 15 is 0 Å². The van der Waals surface area contributed by atoms with Gasteiger partial charge in [-0.3, -0.25) is 9.59 Å². The lowest BCUT2D eigenvalue weighted by Crippen LogP contribution is -2.39. The lowest BCUT2D eigenvalue weighted by atomic mass is 10.1. The Morgan fingerprint density at radius 2 is 1.57 bits per heavy atom. The van der Waals surface area contributed by atoms with Gasteiger partial charge in [0.2, 0.25) is 0 Å². The molecule has 2 aliphatic rings. The van der Waals surface area contributed by atoms with Gasteiger partial charge in [0, 0.05) is 5.02 Å². The molecule has 0 aliphatic carbocycles. The van der Waals surface area contributed by atoms with Crippen LogP contribution in [0.1, 0.15) is 0 Å². The number of para-hydroxylation sites is 1. The first-order valence-electron chi connectivity index (χ1n) is 7.05. The number of anilines is 2. The molecule has 0 aromatic heterocycles. The second-order valence-electron chi connectivity index (χ2n) is 5.26. The van der Waals surface area contributed by atoms with Gasteiger partial charge in [0.1, 0.15) is 0 Å². The Morgan fingerprint density at radius 3 is 2.26 bits per heavy atom. The van der Waals surface area contributed by atoms with Crippen LogP contribution in [0.15, 0.2) is 64.9 Å². The quantitative estimate of drug-likeness (QED) is 0.797. The normalized spacial score (nSPS) is 22.8. The second kappa shape index (κ2) is 5.17. The highest BCUT2D eigenvalue weighted by atomic mass is 35.5. The van der Waals surface area contributed by atoms with E-state index < -0.39 is 12.1 Å². The fourth-order valence-electron chi connectivity index (χ4n) is 2.80. The van der Waals surface area contributed by atoms with Crippen LogP contribution in [0.4, 0.5) is 11.4 Å². The number of imide groups is 1. The Balaban J connectivity index is 1.70. The van der Waals surface area contributed by atoms with Crippen LogP contribution in [-0.4, -0.2) is 23.9 Å². The van der Waals surface area contributed by atoms with Gasteiger partial charge in [-0.2, -0.15) is 5.11 Å². The average molecular weight is 327 g/mol. The van der Waals surface area contributed by atoms with E-state index in [9.17, 15) is 9.59 Å². The highest BCUT2D eigenvalue weighted by molar-refractivity contribution is 6.30. The third-order valence-corrected chi connectivity index (χ3v) is 4.14. The molecule has 1 saturated heterocycles. The summed E-state index contributed by atoms with van der Waals surface area (Å²) in [5, 5.41) is 10.0. The van der Waals surface area contributed by atoms with E-state index in [1.54, 1.807) is 48.5 Å². The molecule has 0 radical (unpaired) electrons. The van der Waals surface area contributed by atoms with Gasteiger partial charge in [-0.1, -0.05) is 35.0 Å². The summed E-state index contributed by atoms with van der Waals surface area (Å²) in [4.78, 5) is 26.5. The molecular formula is C16H11ClN4O2. The van der Waals surface area contributed by atoms with E-state index in [2.05, 4.69) is 10.3 Å². The number of benzene rings is 2. The number of amides is 2. The Bertz CT molecular complexity index is 807. The lowest BCUT2D eigenvalue weighted by Gasteiger charge is -2.20. The molecule has 0 spiro atoms. The Labute approximate surface area is 136 Å². The van der Waals surface area contributed by atoms with Crippen LogP contribution in [0.5, 0.6) is 0 Å². The number of fused-ring (bicyclic) bond motifs is 1. The largest absolute Gasteiger partial charge is 0.271 e. The molecule has 2 aromatic carbocycles. The van der Waals surface area contributed by atoms with Crippen LogP contribution in [0.25, 0.3) is 0 Å². The molecular weight excluding hydrogens is 316 g/mol. The first-order valence-corrected chi connectivity index (χ1v) is 7.43. The highest BCUT2D eigenvalue weighted by Gasteiger charge is 2.55. The van der Waals surface area contributed by atoms with E-state index in [1.807, 2.05) is 6.07 Å². The fraction of sp³-hybridized carbons (Fsp3) is 0.125. The Morgan fingerprint density at radius 1 is 0.870 bits per heavy atom. The second-order valence-corrected chi connectivity index (χ2v) is 5.70. The third-order valence-electron chi connectivity index (χ3n) is 3.89. The maximum atomic E-state index is 12.8. The molecule has 0 unspecified atom stereocenters. The zero-order valence-electron chi connectivity index (χ0n) is 11.8. The van der Waals surface area contributed by atoms with Crippen LogP contribution < -0.4 is 9.91 Å². The van der Waals surface area contributed by atoms with E-state index in [1.165, 1.54) is 9.91 Å². The fourth-order valence-corrected chi connectivity index (χ4v) is 2.92. The van der Waals surface area contributed by atoms with Gasteiger partial charge >= 0.3 is 0 Å². The number of rotatable bonds is 2. The van der Waals surface area contributed by atoms with Crippen molar-refractivity contribution in [2.45, 2.75) is 12.1 Å². The molecule has 2 heterocycles. The van der Waals surface area contributed by atoms with Gasteiger partial charge in [0.25, 0.3) is 11.8 Å². The summed E-state index contributed by atoms with van der Waals surface area (Å²) in [7, 11) is 0. The topological polar surface area (TPSA) is 65.3 Å². The summed E-state index contributed by atoms with van der Waals surface area (Å²) in [6, 6.07) is 14.2. The van der Waals surface area contributed by atoms with Crippen molar-refractivity contribution in [1.82, 2.24) is 0 Å². The molecule has 7 heteroatoms. The molecule has 6 nitrogen and oxygen atoms in total. The van der Waals surface area contributed by atoms with Crippen molar-refractivity contribution in [1.29, 1.82) is 0 Å². The van der Waals surface area contributed by atoms with Crippen molar-refractivity contribution in [3.05, 3.63) is 59.6 Å². The monoisotopic (exact) mass is 326 g/mol. The van der Waals surface area contributed by atoms with Gasteiger partial charge in [0.05, 0.1) is 11.4 Å². The Hall–Kier alpha value is -2.73. The molecule has 0 bridgehead atoms. The summed E-state index contributed by atoms with van der Waals surface area (Å²) < 4.78 is 0. The molecule has 114 valence electrons. The summed E-state index contributed by atoms with van der Waals surface area (Å²) >= 11 is 5.88. The van der Waals surface area contributed by atoms with Gasteiger partial charge in [-0.25, -0.2) is 9.91 Å². The molecule has 2 aromatic rings. The SMILES string of the molecule is O=C1[C@@H]2N=NN(c3ccc(Cl)cc3)[C@H]2C(=O)N1c1ccccc1. The molecule has 2 atom stereocenters. The van der Waals surface area contributed by atoms with Crippen molar-refractivity contribution < 1.29 is 9.59 Å². The highest BCUT2D eigenvalue weighted by Crippen LogP contribution is 2.34. The summed E-state index contributed by atoms with van der Waals surface area (Å²) in [5.41, 5.74) is 1.21. The maximum Gasteiger partial charge on any atom is 0.263 e. The zero-order chi connectivity index (χ0) is 16.0. The van der Waals surface area contributed by atoms with Crippen molar-refractivity contribution >= 4 is 34.8 Å². The number of halogens is 1. The molecule has 0 saturated carbocycles. The van der Waals surface area contributed by atoms with Gasteiger partial charge in [0.15, 0.2) is 12.1 Å². The number of carbonyl (C=O) groups is 2. The molecule has 4 rings (SSSR count). The van der Waals surface area contributed by atoms with Crippen LogP contribution in [0.3, 0.4) is 0 Å². The van der Waals surface area contributed by atoms with E-state index in [0.717, 1.165) is 0 Å². The number of hydrogen-bond donors (Lipinski definition) is 0. The Kier molecular flexibility index (Phi) is 3.12. The average Bonchev–Trinajstić information content (AvgIpc) is 3.10. The summed E-state index contributed by atoms with van der Waals surface area (Å²) in [6.07, 6.45) is 0. The zero-order valence-corrected chi connectivity index (χ0v) is 12.6. The minimum absolute atomic E-state index is 0.328. The van der Waals surface area contributed by atoms with Crippen LogP contribution in [-0.2, 0) is 9.59 Å². The maximum absolute atomic E-state index is 12.8. The van der Waals surface area contributed by atoms with Gasteiger partial charge < -0.3 is 0 Å². The molecule has 2 aliphatic heterocycles. The molecule has 23 heavy (non-hydrogen) atoms. The van der Waals surface area contributed by atoms with E-state index in [0.29, 0.717) is 16.4 Å². The van der Waals surface area contributed by atoms with Crippen molar-refractivity contribution in [3.8, 4) is 0 Å². The van der Waals surface area contributed by atoms with Crippen LogP contribution >= 0.6 is 11.6 Å². The first-order chi connectivity index (χ1) is 11.2. The summed E-state index contributed by atoms with van der Waals surface area (Å²) in [5.74, 6) is -0.683. The standard InChI is InChI=1S/C16H11ClN4O2/c17-10-6-8-12(9-7-10)21-14-13(18-19-21)15(22)20(16(14)23)11-4-2-1-3-5-11/h1-9,13-14H/t13-,14-/m1/s1. The predicted molar refractivity (Wildman–Crippen MR) is 85.3 cm³/mol. The number of hydrogen-bond acceptors (Lipinski definition) is 5. The molecule has 1 fully saturated rings. The van der Waals surface area contributed by atoms with Crippen molar-refractivity contribution in [2.24, 2.45) is 10.3 Å². The molecule has 0 N–H and O–H groups in total. The number of nitrogens with zero attached hydrogens (tertiary/aromatic N) is 4. The van der Waals surface area contributed by atoms with E-state index in [4.69, 9.17) is 11.6 Å². The third kappa shape index (κ3) is 2.10.